The molecular weight excluding hydrogens is 260 g/mol. The summed E-state index contributed by atoms with van der Waals surface area (Å²) in [6.45, 7) is 1.45. The summed E-state index contributed by atoms with van der Waals surface area (Å²) < 4.78 is 26.2. The quantitative estimate of drug-likeness (QED) is 0.605. The first-order chi connectivity index (χ1) is 9.16. The van der Waals surface area contributed by atoms with E-state index >= 15 is 0 Å². The van der Waals surface area contributed by atoms with E-state index in [0.717, 1.165) is 18.9 Å². The third-order valence-electron chi connectivity index (χ3n) is 4.19. The van der Waals surface area contributed by atoms with Crippen molar-refractivity contribution in [1.29, 1.82) is 0 Å². The molecule has 4 nitrogen and oxygen atoms in total. The van der Waals surface area contributed by atoms with Gasteiger partial charge in [-0.1, -0.05) is 25.7 Å². The van der Waals surface area contributed by atoms with Crippen LogP contribution in [0.2, 0.25) is 0 Å². The molecule has 0 aromatic rings. The topological polar surface area (TPSA) is 58.2 Å². The molecule has 0 spiro atoms. The number of sulfonamides is 1. The van der Waals surface area contributed by atoms with Crippen molar-refractivity contribution >= 4 is 10.0 Å². The zero-order valence-electron chi connectivity index (χ0n) is 11.9. The van der Waals surface area contributed by atoms with Crippen molar-refractivity contribution in [2.24, 2.45) is 5.92 Å². The highest BCUT2D eigenvalue weighted by molar-refractivity contribution is 7.89. The predicted octanol–water partition coefficient (Wildman–Crippen LogP) is 2.02. The Labute approximate surface area is 117 Å². The minimum atomic E-state index is -3.04. The summed E-state index contributed by atoms with van der Waals surface area (Å²) in [5, 5.41) is 3.34. The second kappa shape index (κ2) is 7.60. The first-order valence-corrected chi connectivity index (χ1v) is 9.52. The molecule has 2 fully saturated rings. The van der Waals surface area contributed by atoms with Gasteiger partial charge < -0.3 is 5.32 Å². The summed E-state index contributed by atoms with van der Waals surface area (Å²) in [6, 6.07) is 0.669. The molecule has 2 N–H and O–H groups in total. The molecule has 2 rings (SSSR count). The van der Waals surface area contributed by atoms with Crippen LogP contribution < -0.4 is 10.0 Å². The number of hydrogen-bond acceptors (Lipinski definition) is 3. The van der Waals surface area contributed by atoms with Gasteiger partial charge in [-0.05, 0) is 44.6 Å². The van der Waals surface area contributed by atoms with E-state index in [0.29, 0.717) is 19.0 Å². The van der Waals surface area contributed by atoms with Gasteiger partial charge in [-0.25, -0.2) is 13.1 Å². The van der Waals surface area contributed by atoms with Crippen molar-refractivity contribution in [3.05, 3.63) is 0 Å². The Kier molecular flexibility index (Phi) is 6.10. The summed E-state index contributed by atoms with van der Waals surface area (Å²) in [7, 11) is -3.04. The van der Waals surface area contributed by atoms with Crippen molar-refractivity contribution in [1.82, 2.24) is 10.0 Å². The van der Waals surface area contributed by atoms with Gasteiger partial charge in [-0.3, -0.25) is 0 Å². The van der Waals surface area contributed by atoms with Gasteiger partial charge in [0.25, 0.3) is 0 Å². The highest BCUT2D eigenvalue weighted by Gasteiger charge is 2.20. The van der Waals surface area contributed by atoms with E-state index < -0.39 is 10.0 Å². The van der Waals surface area contributed by atoms with Crippen molar-refractivity contribution in [2.45, 2.75) is 63.8 Å². The summed E-state index contributed by atoms with van der Waals surface area (Å²) in [5.41, 5.74) is 0. The third-order valence-corrected chi connectivity index (χ3v) is 5.66. The van der Waals surface area contributed by atoms with E-state index in [1.165, 1.54) is 44.9 Å². The van der Waals surface area contributed by atoms with Crippen molar-refractivity contribution in [3.8, 4) is 0 Å². The molecule has 0 saturated heterocycles. The summed E-state index contributed by atoms with van der Waals surface area (Å²) >= 11 is 0. The van der Waals surface area contributed by atoms with Gasteiger partial charge in [0.15, 0.2) is 0 Å². The minimum Gasteiger partial charge on any atom is -0.314 e. The van der Waals surface area contributed by atoms with Crippen LogP contribution in [0.3, 0.4) is 0 Å². The molecule has 112 valence electrons. The van der Waals surface area contributed by atoms with E-state index in [-0.39, 0.29) is 5.75 Å². The second-order valence-electron chi connectivity index (χ2n) is 6.09. The molecule has 0 amide bonds. The summed E-state index contributed by atoms with van der Waals surface area (Å²) in [6.07, 6.45) is 10.8. The normalized spacial score (nSPS) is 21.1. The molecule has 0 atom stereocenters. The van der Waals surface area contributed by atoms with E-state index in [1.54, 1.807) is 0 Å². The highest BCUT2D eigenvalue weighted by atomic mass is 32.2. The number of hydrogen-bond donors (Lipinski definition) is 2. The molecule has 19 heavy (non-hydrogen) atoms. The molecule has 0 aromatic heterocycles. The Bertz CT molecular complexity index is 346. The summed E-state index contributed by atoms with van der Waals surface area (Å²) in [5.74, 6) is 1.11. The van der Waals surface area contributed by atoms with Gasteiger partial charge in [0, 0.05) is 12.6 Å². The van der Waals surface area contributed by atoms with Gasteiger partial charge in [-0.2, -0.15) is 0 Å². The lowest BCUT2D eigenvalue weighted by Crippen LogP contribution is -2.29. The van der Waals surface area contributed by atoms with Crippen LogP contribution in [-0.2, 0) is 10.0 Å². The molecule has 0 unspecified atom stereocenters. The molecule has 2 saturated carbocycles. The Morgan fingerprint density at radius 1 is 0.947 bits per heavy atom. The molecule has 0 aromatic carbocycles. The molecule has 2 aliphatic rings. The van der Waals surface area contributed by atoms with Gasteiger partial charge in [0.1, 0.15) is 0 Å². The van der Waals surface area contributed by atoms with Crippen LogP contribution in [0.5, 0.6) is 0 Å². The van der Waals surface area contributed by atoms with Gasteiger partial charge >= 0.3 is 0 Å². The fourth-order valence-corrected chi connectivity index (χ4v) is 3.97. The first-order valence-electron chi connectivity index (χ1n) is 7.86. The lowest BCUT2D eigenvalue weighted by molar-refractivity contribution is 0.480. The Morgan fingerprint density at radius 2 is 1.68 bits per heavy atom. The van der Waals surface area contributed by atoms with Gasteiger partial charge in [-0.15, -0.1) is 0 Å². The van der Waals surface area contributed by atoms with Crippen molar-refractivity contribution in [3.63, 3.8) is 0 Å². The van der Waals surface area contributed by atoms with E-state index in [9.17, 15) is 8.42 Å². The lowest BCUT2D eigenvalue weighted by atomic mass is 10.0. The molecule has 0 aliphatic heterocycles. The fourth-order valence-electron chi connectivity index (χ4n) is 2.85. The second-order valence-corrected chi connectivity index (χ2v) is 8.01. The fraction of sp³-hybridized carbons (Fsp3) is 1.00. The molecule has 0 heterocycles. The average Bonchev–Trinajstić information content (AvgIpc) is 3.05. The maximum absolute atomic E-state index is 11.7. The van der Waals surface area contributed by atoms with Gasteiger partial charge in [0.2, 0.25) is 10.0 Å². The van der Waals surface area contributed by atoms with Crippen LogP contribution in [0.15, 0.2) is 0 Å². The van der Waals surface area contributed by atoms with Crippen LogP contribution in [0.4, 0.5) is 0 Å². The average molecular weight is 288 g/mol. The maximum atomic E-state index is 11.7. The molecule has 0 bridgehead atoms. The van der Waals surface area contributed by atoms with Crippen molar-refractivity contribution < 1.29 is 8.42 Å². The lowest BCUT2D eigenvalue weighted by Gasteiger charge is -2.10. The first kappa shape index (κ1) is 15.3. The van der Waals surface area contributed by atoms with Crippen LogP contribution in [0.1, 0.15) is 57.8 Å². The monoisotopic (exact) mass is 288 g/mol. The Hall–Kier alpha value is -0.130. The Morgan fingerprint density at radius 3 is 2.37 bits per heavy atom. The highest BCUT2D eigenvalue weighted by Crippen LogP contribution is 2.28. The van der Waals surface area contributed by atoms with E-state index in [1.807, 2.05) is 0 Å². The van der Waals surface area contributed by atoms with Crippen molar-refractivity contribution in [2.75, 3.05) is 18.8 Å². The molecular formula is C14H28N2O2S. The van der Waals surface area contributed by atoms with E-state index in [4.69, 9.17) is 0 Å². The standard InChI is InChI=1S/C14H28N2O2S/c17-19(18,12-4-10-15-14-8-9-14)16-11-3-7-13-5-1-2-6-13/h13-16H,1-12H2. The van der Waals surface area contributed by atoms with Crippen LogP contribution in [0.25, 0.3) is 0 Å². The third kappa shape index (κ3) is 6.72. The minimum absolute atomic E-state index is 0.260. The molecule has 5 heteroatoms. The zero-order valence-corrected chi connectivity index (χ0v) is 12.7. The van der Waals surface area contributed by atoms with Crippen LogP contribution in [0, 0.1) is 5.92 Å². The zero-order chi connectivity index (χ0) is 13.6. The van der Waals surface area contributed by atoms with Crippen LogP contribution >= 0.6 is 0 Å². The van der Waals surface area contributed by atoms with Crippen LogP contribution in [-0.4, -0.2) is 33.3 Å². The SMILES string of the molecule is O=S(=O)(CCCNC1CC1)NCCCC1CCCC1. The summed E-state index contributed by atoms with van der Waals surface area (Å²) in [4.78, 5) is 0. The predicted molar refractivity (Wildman–Crippen MR) is 78.6 cm³/mol. The van der Waals surface area contributed by atoms with E-state index in [2.05, 4.69) is 10.0 Å². The number of rotatable bonds is 10. The maximum Gasteiger partial charge on any atom is 0.211 e. The number of nitrogens with one attached hydrogen (secondary N) is 2. The Balaban J connectivity index is 1.47. The smallest absolute Gasteiger partial charge is 0.211 e. The molecule has 0 radical (unpaired) electrons. The van der Waals surface area contributed by atoms with Gasteiger partial charge in [0.05, 0.1) is 5.75 Å². The largest absolute Gasteiger partial charge is 0.314 e. The molecule has 2 aliphatic carbocycles.